The maximum Gasteiger partial charge on any atom is 0.242 e. The van der Waals surface area contributed by atoms with E-state index in [-0.39, 0.29) is 24.3 Å². The molecule has 1 heterocycles. The highest BCUT2D eigenvalue weighted by atomic mass is 32.2. The number of carbonyl (C=O) groups is 2. The predicted octanol–water partition coefficient (Wildman–Crippen LogP) is 5.04. The Morgan fingerprint density at radius 3 is 2.43 bits per heavy atom. The Morgan fingerprint density at radius 1 is 1.07 bits per heavy atom. The van der Waals surface area contributed by atoms with Crippen LogP contribution in [0.2, 0.25) is 0 Å². The second-order valence-corrected chi connectivity index (χ2v) is 9.47. The van der Waals surface area contributed by atoms with Crippen LogP contribution < -0.4 is 5.32 Å². The number of aliphatic imine (C=N–C) groups is 1. The summed E-state index contributed by atoms with van der Waals surface area (Å²) in [6.07, 6.45) is 2.14. The maximum atomic E-state index is 13.1. The van der Waals surface area contributed by atoms with E-state index < -0.39 is 5.25 Å². The molecule has 5 nitrogen and oxygen atoms in total. The number of benzene rings is 2. The summed E-state index contributed by atoms with van der Waals surface area (Å²) in [5, 5.41) is 3.27. The number of rotatable bonds is 5. The van der Waals surface area contributed by atoms with Crippen molar-refractivity contribution in [1.82, 2.24) is 4.90 Å². The van der Waals surface area contributed by atoms with Crippen LogP contribution in [0, 0.1) is 27.7 Å². The molecule has 0 aromatic heterocycles. The number of nitrogens with one attached hydrogen (secondary N) is 1. The van der Waals surface area contributed by atoms with Crippen LogP contribution in [0.15, 0.2) is 41.4 Å². The van der Waals surface area contributed by atoms with Crippen LogP contribution in [0.5, 0.6) is 0 Å². The van der Waals surface area contributed by atoms with Gasteiger partial charge < -0.3 is 5.32 Å². The fourth-order valence-electron chi connectivity index (χ4n) is 3.54. The lowest BCUT2D eigenvalue weighted by Crippen LogP contribution is -2.35. The van der Waals surface area contributed by atoms with Crippen LogP contribution in [0.3, 0.4) is 0 Å². The van der Waals surface area contributed by atoms with Crippen molar-refractivity contribution in [3.8, 4) is 0 Å². The lowest BCUT2D eigenvalue weighted by Gasteiger charge is -2.16. The normalized spacial score (nSPS) is 20.1. The maximum absolute atomic E-state index is 13.1. The van der Waals surface area contributed by atoms with E-state index in [2.05, 4.69) is 11.4 Å². The van der Waals surface area contributed by atoms with Crippen LogP contribution in [0.1, 0.15) is 41.5 Å². The van der Waals surface area contributed by atoms with E-state index in [0.29, 0.717) is 0 Å². The number of amidine groups is 1. The standard InChI is InChI=1S/C24H27N3O2S/c1-14-5-7-16(3)19(11-14)25-22(28)13-21-23(29)27(18-9-10-18)24(30-21)26-20-12-15(2)6-8-17(20)4/h5-8,11-12,18,21H,9-10,13H2,1-4H3,(H,25,28)/t21-/m0/s1. The number of amides is 2. The number of hydrogen-bond acceptors (Lipinski definition) is 4. The number of nitrogens with zero attached hydrogens (tertiary/aromatic N) is 2. The molecule has 1 N–H and O–H groups in total. The van der Waals surface area contributed by atoms with Crippen molar-refractivity contribution in [3.05, 3.63) is 58.7 Å². The van der Waals surface area contributed by atoms with Gasteiger partial charge in [0.2, 0.25) is 11.8 Å². The predicted molar refractivity (Wildman–Crippen MR) is 123 cm³/mol. The third-order valence-corrected chi connectivity index (χ3v) is 6.65. The van der Waals surface area contributed by atoms with Gasteiger partial charge in [0.1, 0.15) is 5.25 Å². The molecular weight excluding hydrogens is 394 g/mol. The number of thioether (sulfide) groups is 1. The second-order valence-electron chi connectivity index (χ2n) is 8.30. The van der Waals surface area contributed by atoms with Gasteiger partial charge in [0.05, 0.1) is 5.69 Å². The summed E-state index contributed by atoms with van der Waals surface area (Å²) >= 11 is 1.42. The average molecular weight is 422 g/mol. The number of carbonyl (C=O) groups excluding carboxylic acids is 2. The van der Waals surface area contributed by atoms with Gasteiger partial charge in [-0.05, 0) is 74.9 Å². The van der Waals surface area contributed by atoms with Gasteiger partial charge in [-0.2, -0.15) is 0 Å². The number of aryl methyl sites for hydroxylation is 4. The molecule has 0 radical (unpaired) electrons. The summed E-state index contributed by atoms with van der Waals surface area (Å²) in [5.74, 6) is -0.138. The first-order chi connectivity index (χ1) is 14.3. The molecule has 0 spiro atoms. The van der Waals surface area contributed by atoms with E-state index in [1.165, 1.54) is 11.8 Å². The minimum absolute atomic E-state index is 0.00247. The van der Waals surface area contributed by atoms with Crippen molar-refractivity contribution in [2.75, 3.05) is 5.32 Å². The summed E-state index contributed by atoms with van der Waals surface area (Å²) in [5.41, 5.74) is 6.00. The van der Waals surface area contributed by atoms with Gasteiger partial charge in [0.25, 0.3) is 0 Å². The third-order valence-electron chi connectivity index (χ3n) is 5.50. The summed E-state index contributed by atoms with van der Waals surface area (Å²) in [6, 6.07) is 12.3. The smallest absolute Gasteiger partial charge is 0.242 e. The first kappa shape index (κ1) is 20.7. The van der Waals surface area contributed by atoms with Gasteiger partial charge >= 0.3 is 0 Å². The summed E-state index contributed by atoms with van der Waals surface area (Å²) in [4.78, 5) is 32.4. The van der Waals surface area contributed by atoms with Crippen molar-refractivity contribution in [3.63, 3.8) is 0 Å². The average Bonchev–Trinajstić information content (AvgIpc) is 3.47. The first-order valence-corrected chi connectivity index (χ1v) is 11.2. The van der Waals surface area contributed by atoms with E-state index >= 15 is 0 Å². The van der Waals surface area contributed by atoms with Crippen LogP contribution >= 0.6 is 11.8 Å². The largest absolute Gasteiger partial charge is 0.326 e. The summed E-state index contributed by atoms with van der Waals surface area (Å²) in [6.45, 7) is 8.02. The van der Waals surface area contributed by atoms with Crippen molar-refractivity contribution in [1.29, 1.82) is 0 Å². The van der Waals surface area contributed by atoms with Gasteiger partial charge in [-0.3, -0.25) is 14.5 Å². The highest BCUT2D eigenvalue weighted by Gasteiger charge is 2.46. The van der Waals surface area contributed by atoms with E-state index in [1.807, 2.05) is 62.9 Å². The van der Waals surface area contributed by atoms with Crippen molar-refractivity contribution in [2.45, 2.75) is 58.2 Å². The molecule has 1 saturated carbocycles. The Bertz CT molecular complexity index is 1040. The molecule has 2 aromatic carbocycles. The van der Waals surface area contributed by atoms with Gasteiger partial charge in [-0.15, -0.1) is 0 Å². The fourth-order valence-corrected chi connectivity index (χ4v) is 4.75. The molecule has 2 aliphatic rings. The van der Waals surface area contributed by atoms with Crippen LogP contribution in [0.4, 0.5) is 11.4 Å². The zero-order chi connectivity index (χ0) is 21.4. The fraction of sp³-hybridized carbons (Fsp3) is 0.375. The van der Waals surface area contributed by atoms with Crippen LogP contribution in [-0.4, -0.2) is 33.2 Å². The summed E-state index contributed by atoms with van der Waals surface area (Å²) in [7, 11) is 0. The minimum Gasteiger partial charge on any atom is -0.326 e. The molecule has 1 aliphatic carbocycles. The number of hydrogen-bond donors (Lipinski definition) is 1. The van der Waals surface area contributed by atoms with Crippen LogP contribution in [-0.2, 0) is 9.59 Å². The molecule has 1 atom stereocenters. The highest BCUT2D eigenvalue weighted by molar-refractivity contribution is 8.15. The second kappa shape index (κ2) is 8.26. The van der Waals surface area contributed by atoms with Crippen molar-refractivity contribution >= 4 is 40.1 Å². The van der Waals surface area contributed by atoms with Crippen molar-refractivity contribution in [2.24, 2.45) is 4.99 Å². The first-order valence-electron chi connectivity index (χ1n) is 10.3. The van der Waals surface area contributed by atoms with Crippen LogP contribution in [0.25, 0.3) is 0 Å². The molecule has 0 unspecified atom stereocenters. The van der Waals surface area contributed by atoms with E-state index in [1.54, 1.807) is 0 Å². The molecule has 2 amide bonds. The van der Waals surface area contributed by atoms with Gasteiger partial charge in [-0.1, -0.05) is 36.0 Å². The zero-order valence-electron chi connectivity index (χ0n) is 17.9. The van der Waals surface area contributed by atoms with Gasteiger partial charge in [-0.25, -0.2) is 4.99 Å². The molecule has 6 heteroatoms. The quantitative estimate of drug-likeness (QED) is 0.735. The molecule has 2 aromatic rings. The highest BCUT2D eigenvalue weighted by Crippen LogP contribution is 2.40. The molecule has 30 heavy (non-hydrogen) atoms. The monoisotopic (exact) mass is 421 g/mol. The zero-order valence-corrected chi connectivity index (χ0v) is 18.7. The molecule has 2 fully saturated rings. The molecular formula is C24H27N3O2S. The minimum atomic E-state index is -0.431. The molecule has 156 valence electrons. The lowest BCUT2D eigenvalue weighted by atomic mass is 10.1. The van der Waals surface area contributed by atoms with E-state index in [9.17, 15) is 9.59 Å². The Hall–Kier alpha value is -2.60. The SMILES string of the molecule is Cc1ccc(C)c(N=C2S[C@@H](CC(=O)Nc3cc(C)ccc3C)C(=O)N2C2CC2)c1. The van der Waals surface area contributed by atoms with Gasteiger partial charge in [0.15, 0.2) is 5.17 Å². The lowest BCUT2D eigenvalue weighted by molar-refractivity contribution is -0.128. The van der Waals surface area contributed by atoms with E-state index in [0.717, 1.165) is 51.6 Å². The Morgan fingerprint density at radius 2 is 1.73 bits per heavy atom. The molecule has 0 bridgehead atoms. The topological polar surface area (TPSA) is 61.8 Å². The van der Waals surface area contributed by atoms with Crippen molar-refractivity contribution < 1.29 is 9.59 Å². The van der Waals surface area contributed by atoms with E-state index in [4.69, 9.17) is 4.99 Å². The molecule has 4 rings (SSSR count). The summed E-state index contributed by atoms with van der Waals surface area (Å²) < 4.78 is 0. The molecule has 1 saturated heterocycles. The number of anilines is 1. The Balaban J connectivity index is 1.53. The Kier molecular flexibility index (Phi) is 5.69. The Labute approximate surface area is 182 Å². The van der Waals surface area contributed by atoms with Gasteiger partial charge in [0, 0.05) is 18.2 Å². The third kappa shape index (κ3) is 4.43. The molecule has 1 aliphatic heterocycles.